The van der Waals surface area contributed by atoms with Gasteiger partial charge >= 0.3 is 5.69 Å². The van der Waals surface area contributed by atoms with Crippen molar-refractivity contribution in [3.63, 3.8) is 0 Å². The second-order valence-electron chi connectivity index (χ2n) is 5.28. The number of rotatable bonds is 3. The zero-order valence-corrected chi connectivity index (χ0v) is 12.9. The van der Waals surface area contributed by atoms with E-state index in [-0.39, 0.29) is 12.4 Å². The molecule has 1 aliphatic heterocycles. The van der Waals surface area contributed by atoms with Gasteiger partial charge in [-0.25, -0.2) is 4.79 Å². The van der Waals surface area contributed by atoms with Gasteiger partial charge in [0.2, 0.25) is 5.91 Å². The molecule has 0 aliphatic carbocycles. The molecule has 1 aromatic carbocycles. The van der Waals surface area contributed by atoms with Crippen molar-refractivity contribution in [1.82, 2.24) is 9.13 Å². The third kappa shape index (κ3) is 2.19. The summed E-state index contributed by atoms with van der Waals surface area (Å²) in [5, 5.41) is 3.09. The van der Waals surface area contributed by atoms with Crippen molar-refractivity contribution in [3.05, 3.63) is 45.1 Å². The first-order chi connectivity index (χ1) is 11.0. The van der Waals surface area contributed by atoms with Crippen LogP contribution in [0, 0.1) is 0 Å². The van der Waals surface area contributed by atoms with Crippen molar-refractivity contribution in [1.29, 1.82) is 0 Å². The zero-order valence-electron chi connectivity index (χ0n) is 12.9. The van der Waals surface area contributed by atoms with Crippen LogP contribution in [0.15, 0.2) is 33.9 Å². The first-order valence-electron chi connectivity index (χ1n) is 7.21. The number of aromatic nitrogens is 2. The first-order valence-corrected chi connectivity index (χ1v) is 7.21. The minimum Gasteiger partial charge on any atom is -0.368 e. The van der Waals surface area contributed by atoms with E-state index in [2.05, 4.69) is 5.32 Å². The highest BCUT2D eigenvalue weighted by Gasteiger charge is 2.29. The number of benzene rings is 1. The lowest BCUT2D eigenvalue weighted by molar-refractivity contribution is -0.118. The van der Waals surface area contributed by atoms with Gasteiger partial charge in [-0.1, -0.05) is 12.1 Å². The summed E-state index contributed by atoms with van der Waals surface area (Å²) in [5.74, 6) is -0.367. The molecule has 23 heavy (non-hydrogen) atoms. The van der Waals surface area contributed by atoms with Crippen LogP contribution in [0.1, 0.15) is 6.92 Å². The van der Waals surface area contributed by atoms with Crippen LogP contribution in [0.3, 0.4) is 0 Å². The van der Waals surface area contributed by atoms with E-state index in [1.807, 2.05) is 36.1 Å². The number of primary amides is 1. The fourth-order valence-electron chi connectivity index (χ4n) is 2.82. The molecule has 0 saturated heterocycles. The topological polar surface area (TPSA) is 102 Å². The Balaban J connectivity index is 2.36. The van der Waals surface area contributed by atoms with Crippen LogP contribution >= 0.6 is 0 Å². The van der Waals surface area contributed by atoms with Gasteiger partial charge in [0.25, 0.3) is 5.56 Å². The highest BCUT2D eigenvalue weighted by Crippen LogP contribution is 2.40. The summed E-state index contributed by atoms with van der Waals surface area (Å²) in [4.78, 5) is 38.1. The van der Waals surface area contributed by atoms with Crippen LogP contribution in [0.2, 0.25) is 0 Å². The van der Waals surface area contributed by atoms with E-state index in [0.29, 0.717) is 12.2 Å². The van der Waals surface area contributed by atoms with Crippen LogP contribution in [-0.4, -0.2) is 21.6 Å². The summed E-state index contributed by atoms with van der Waals surface area (Å²) in [5.41, 5.74) is 6.16. The number of nitrogens with zero attached hydrogens (tertiary/aromatic N) is 3. The molecule has 0 unspecified atom stereocenters. The third-order valence-electron chi connectivity index (χ3n) is 3.87. The van der Waals surface area contributed by atoms with Crippen molar-refractivity contribution in [2.45, 2.75) is 13.5 Å². The highest BCUT2D eigenvalue weighted by molar-refractivity contribution is 5.90. The lowest BCUT2D eigenvalue weighted by atomic mass is 10.1. The van der Waals surface area contributed by atoms with Gasteiger partial charge in [0.1, 0.15) is 18.1 Å². The molecule has 0 atom stereocenters. The number of carbonyl (C=O) groups is 1. The largest absolute Gasteiger partial charge is 0.368 e. The van der Waals surface area contributed by atoms with Crippen LogP contribution < -0.4 is 27.2 Å². The van der Waals surface area contributed by atoms with E-state index >= 15 is 0 Å². The Kier molecular flexibility index (Phi) is 3.44. The van der Waals surface area contributed by atoms with Gasteiger partial charge in [-0.15, -0.1) is 0 Å². The number of anilines is 4. The Morgan fingerprint density at radius 2 is 1.96 bits per heavy atom. The van der Waals surface area contributed by atoms with E-state index in [1.165, 1.54) is 11.6 Å². The van der Waals surface area contributed by atoms with Gasteiger partial charge < -0.3 is 16.0 Å². The van der Waals surface area contributed by atoms with Crippen molar-refractivity contribution in [2.24, 2.45) is 12.8 Å². The minimum atomic E-state index is -0.656. The molecule has 3 N–H and O–H groups in total. The lowest BCUT2D eigenvalue weighted by Gasteiger charge is -2.33. The van der Waals surface area contributed by atoms with Gasteiger partial charge in [-0.2, -0.15) is 0 Å². The molecule has 0 saturated carbocycles. The second-order valence-corrected chi connectivity index (χ2v) is 5.28. The monoisotopic (exact) mass is 315 g/mol. The summed E-state index contributed by atoms with van der Waals surface area (Å²) in [6, 6.07) is 7.45. The van der Waals surface area contributed by atoms with Crippen molar-refractivity contribution in [3.8, 4) is 0 Å². The number of nitrogens with two attached hydrogens (primary N) is 1. The molecule has 2 aromatic rings. The Morgan fingerprint density at radius 3 is 2.61 bits per heavy atom. The summed E-state index contributed by atoms with van der Waals surface area (Å²) in [7, 11) is 1.39. The minimum absolute atomic E-state index is 0.289. The van der Waals surface area contributed by atoms with Crippen LogP contribution in [0.4, 0.5) is 22.9 Å². The fourth-order valence-corrected chi connectivity index (χ4v) is 2.82. The standard InChI is InChI=1S/C15H17N5O3/c1-3-19-10-7-5-4-6-9(10)17-13-12(19)14(22)18(2)15(23)20(13)8-11(16)21/h4-7,17H,3,8H2,1-2H3,(H2,16,21). The van der Waals surface area contributed by atoms with Gasteiger partial charge in [0.15, 0.2) is 0 Å². The average Bonchev–Trinajstić information content (AvgIpc) is 2.54. The molecule has 1 aliphatic rings. The normalized spacial score (nSPS) is 12.3. The van der Waals surface area contributed by atoms with Gasteiger partial charge in [-0.3, -0.25) is 18.7 Å². The summed E-state index contributed by atoms with van der Waals surface area (Å²) in [6.45, 7) is 2.15. The first kappa shape index (κ1) is 14.9. The SMILES string of the molecule is CCN1c2ccccc2Nc2c1c(=O)n(C)c(=O)n2CC(N)=O. The number of hydrogen-bond acceptors (Lipinski definition) is 5. The lowest BCUT2D eigenvalue weighted by Crippen LogP contribution is -2.45. The number of amides is 1. The summed E-state index contributed by atoms with van der Waals surface area (Å²) in [6.07, 6.45) is 0. The Bertz CT molecular complexity index is 912. The number of fused-ring (bicyclic) bond motifs is 2. The van der Waals surface area contributed by atoms with Crippen LogP contribution in [-0.2, 0) is 18.4 Å². The van der Waals surface area contributed by atoms with Crippen LogP contribution in [0.25, 0.3) is 0 Å². The molecule has 8 nitrogen and oxygen atoms in total. The summed E-state index contributed by atoms with van der Waals surface area (Å²) >= 11 is 0. The quantitative estimate of drug-likeness (QED) is 0.845. The van der Waals surface area contributed by atoms with E-state index in [1.54, 1.807) is 0 Å². The molecular formula is C15H17N5O3. The average molecular weight is 315 g/mol. The molecule has 120 valence electrons. The molecule has 0 spiro atoms. The number of hydrogen-bond donors (Lipinski definition) is 2. The van der Waals surface area contributed by atoms with Crippen LogP contribution in [0.5, 0.6) is 0 Å². The maximum Gasteiger partial charge on any atom is 0.332 e. The number of carbonyl (C=O) groups excluding carboxylic acids is 1. The molecule has 0 radical (unpaired) electrons. The van der Waals surface area contributed by atoms with Crippen molar-refractivity contribution < 1.29 is 4.79 Å². The fraction of sp³-hybridized carbons (Fsp3) is 0.267. The smallest absolute Gasteiger partial charge is 0.332 e. The molecule has 8 heteroatoms. The third-order valence-corrected chi connectivity index (χ3v) is 3.87. The molecule has 0 fully saturated rings. The molecule has 0 bridgehead atoms. The molecule has 1 amide bonds. The van der Waals surface area contributed by atoms with Crippen molar-refractivity contribution >= 4 is 28.8 Å². The maximum absolute atomic E-state index is 12.6. The van der Waals surface area contributed by atoms with Gasteiger partial charge in [0, 0.05) is 13.6 Å². The zero-order chi connectivity index (χ0) is 16.7. The molecule has 2 heterocycles. The molecule has 3 rings (SSSR count). The van der Waals surface area contributed by atoms with E-state index in [9.17, 15) is 14.4 Å². The van der Waals surface area contributed by atoms with Gasteiger partial charge in [0.05, 0.1) is 11.4 Å². The molecular weight excluding hydrogens is 298 g/mol. The number of para-hydroxylation sites is 2. The summed E-state index contributed by atoms with van der Waals surface area (Å²) < 4.78 is 2.18. The maximum atomic E-state index is 12.6. The Hall–Kier alpha value is -3.03. The predicted molar refractivity (Wildman–Crippen MR) is 87.5 cm³/mol. The Labute approximate surface area is 131 Å². The van der Waals surface area contributed by atoms with E-state index in [0.717, 1.165) is 15.9 Å². The predicted octanol–water partition coefficient (Wildman–Crippen LogP) is 0.247. The van der Waals surface area contributed by atoms with Gasteiger partial charge in [-0.05, 0) is 19.1 Å². The number of nitrogens with one attached hydrogen (secondary N) is 1. The second kappa shape index (κ2) is 5.31. The Morgan fingerprint density at radius 1 is 1.26 bits per heavy atom. The van der Waals surface area contributed by atoms with E-state index in [4.69, 9.17) is 5.73 Å². The highest BCUT2D eigenvalue weighted by atomic mass is 16.2. The molecule has 1 aromatic heterocycles. The van der Waals surface area contributed by atoms with E-state index < -0.39 is 17.2 Å². The van der Waals surface area contributed by atoms with Crippen molar-refractivity contribution in [2.75, 3.05) is 16.8 Å².